The van der Waals surface area contributed by atoms with E-state index in [-0.39, 0.29) is 23.3 Å². The summed E-state index contributed by atoms with van der Waals surface area (Å²) < 4.78 is 14.2. The van der Waals surface area contributed by atoms with Crippen LogP contribution in [0.4, 0.5) is 9.18 Å². The van der Waals surface area contributed by atoms with E-state index < -0.39 is 11.9 Å². The molecule has 2 aromatic rings. The Balaban J connectivity index is 2.04. The van der Waals surface area contributed by atoms with Crippen molar-refractivity contribution >= 4 is 17.7 Å². The monoisotopic (exact) mass is 325 g/mol. The molecule has 0 spiro atoms. The Labute approximate surface area is 130 Å². The second-order valence-corrected chi connectivity index (χ2v) is 5.51. The highest BCUT2D eigenvalue weighted by Gasteiger charge is 2.29. The van der Waals surface area contributed by atoms with Crippen LogP contribution in [-0.4, -0.2) is 43.1 Å². The van der Waals surface area contributed by atoms with Crippen LogP contribution >= 0.6 is 11.6 Å². The molecule has 22 heavy (non-hydrogen) atoms. The van der Waals surface area contributed by atoms with E-state index in [2.05, 4.69) is 15.2 Å². The minimum Gasteiger partial charge on any atom is -0.465 e. The van der Waals surface area contributed by atoms with Gasteiger partial charge in [-0.3, -0.25) is 0 Å². The van der Waals surface area contributed by atoms with Gasteiger partial charge < -0.3 is 10.0 Å². The van der Waals surface area contributed by atoms with Gasteiger partial charge in [-0.05, 0) is 18.9 Å². The molecule has 0 unspecified atom stereocenters. The molecule has 0 radical (unpaired) electrons. The van der Waals surface area contributed by atoms with Crippen LogP contribution < -0.4 is 0 Å². The first-order valence-electron chi connectivity index (χ1n) is 6.67. The van der Waals surface area contributed by atoms with Crippen molar-refractivity contribution < 1.29 is 14.3 Å². The summed E-state index contributed by atoms with van der Waals surface area (Å²) in [5.74, 6) is -0.689. The predicted octanol–water partition coefficient (Wildman–Crippen LogP) is 2.58. The van der Waals surface area contributed by atoms with E-state index in [4.69, 9.17) is 16.7 Å². The van der Waals surface area contributed by atoms with Crippen molar-refractivity contribution in [3.8, 4) is 11.3 Å². The number of hydrogen-bond donors (Lipinski definition) is 1. The largest absolute Gasteiger partial charge is 0.465 e. The molecule has 1 N–H and O–H groups in total. The van der Waals surface area contributed by atoms with Gasteiger partial charge in [0.25, 0.3) is 0 Å². The molecule has 7 nitrogen and oxygen atoms in total. The fourth-order valence-electron chi connectivity index (χ4n) is 2.03. The fraction of sp³-hybridized carbons (Fsp3) is 0.385. The van der Waals surface area contributed by atoms with Crippen LogP contribution in [0.15, 0.2) is 12.3 Å². The van der Waals surface area contributed by atoms with Crippen LogP contribution in [0, 0.1) is 5.82 Å². The molecule has 2 heterocycles. The Hall–Kier alpha value is -2.22. The van der Waals surface area contributed by atoms with Crippen molar-refractivity contribution in [3.63, 3.8) is 0 Å². The van der Waals surface area contributed by atoms with Gasteiger partial charge in [0.05, 0.1) is 12.6 Å². The number of carbonyl (C=O) groups is 1. The predicted molar refractivity (Wildman–Crippen MR) is 76.0 cm³/mol. The Morgan fingerprint density at radius 3 is 2.91 bits per heavy atom. The molecule has 9 heteroatoms. The molecule has 1 aliphatic rings. The SMILES string of the molecule is CN(Cc1nn(C2CC2)nc1-c1ccnc(Cl)c1F)C(=O)O. The zero-order valence-electron chi connectivity index (χ0n) is 11.7. The highest BCUT2D eigenvalue weighted by Crippen LogP contribution is 2.35. The molecular weight excluding hydrogens is 313 g/mol. The van der Waals surface area contributed by atoms with Crippen molar-refractivity contribution in [1.29, 1.82) is 0 Å². The van der Waals surface area contributed by atoms with E-state index in [1.807, 2.05) is 0 Å². The maximum atomic E-state index is 14.2. The lowest BCUT2D eigenvalue weighted by Gasteiger charge is -2.11. The molecule has 0 saturated heterocycles. The number of aromatic nitrogens is 4. The molecule has 116 valence electrons. The number of rotatable bonds is 4. The van der Waals surface area contributed by atoms with Gasteiger partial charge in [0.15, 0.2) is 11.0 Å². The molecule has 1 saturated carbocycles. The van der Waals surface area contributed by atoms with Gasteiger partial charge in [-0.2, -0.15) is 15.0 Å². The first-order chi connectivity index (χ1) is 10.5. The zero-order chi connectivity index (χ0) is 15.9. The van der Waals surface area contributed by atoms with Crippen molar-refractivity contribution in [3.05, 3.63) is 28.9 Å². The maximum absolute atomic E-state index is 14.2. The Bertz CT molecular complexity index is 731. The van der Waals surface area contributed by atoms with Gasteiger partial charge in [0.2, 0.25) is 0 Å². The molecule has 3 rings (SSSR count). The molecule has 1 amide bonds. The standard InChI is InChI=1S/C13H13ClFN5O2/c1-19(13(21)22)6-9-11(18-20(17-9)7-2-3-7)8-4-5-16-12(14)10(8)15/h4-5,7H,2-3,6H2,1H3,(H,21,22). The molecule has 0 aliphatic heterocycles. The van der Waals surface area contributed by atoms with Crippen molar-refractivity contribution in [2.45, 2.75) is 25.4 Å². The smallest absolute Gasteiger partial charge is 0.407 e. The average molecular weight is 326 g/mol. The van der Waals surface area contributed by atoms with Gasteiger partial charge in [-0.15, -0.1) is 0 Å². The molecule has 0 aromatic carbocycles. The summed E-state index contributed by atoms with van der Waals surface area (Å²) in [4.78, 5) is 17.2. The van der Waals surface area contributed by atoms with Crippen LogP contribution in [-0.2, 0) is 6.54 Å². The summed E-state index contributed by atoms with van der Waals surface area (Å²) in [6.45, 7) is 0.0107. The normalized spacial score (nSPS) is 14.1. The van der Waals surface area contributed by atoms with Crippen LogP contribution in [0.3, 0.4) is 0 Å². The highest BCUT2D eigenvalue weighted by molar-refractivity contribution is 6.29. The van der Waals surface area contributed by atoms with Crippen molar-refractivity contribution in [2.24, 2.45) is 0 Å². The quantitative estimate of drug-likeness (QED) is 0.873. The van der Waals surface area contributed by atoms with E-state index in [1.165, 1.54) is 24.1 Å². The summed E-state index contributed by atoms with van der Waals surface area (Å²) in [6, 6.07) is 1.65. The first kappa shape index (κ1) is 14.7. The van der Waals surface area contributed by atoms with Gasteiger partial charge in [-0.25, -0.2) is 14.2 Å². The van der Waals surface area contributed by atoms with Gasteiger partial charge in [0.1, 0.15) is 11.4 Å². The minimum atomic E-state index is -1.10. The van der Waals surface area contributed by atoms with Gasteiger partial charge >= 0.3 is 6.09 Å². The summed E-state index contributed by atoms with van der Waals surface area (Å²) in [6.07, 6.45) is 2.20. The summed E-state index contributed by atoms with van der Waals surface area (Å²) in [5.41, 5.74) is 0.848. The topological polar surface area (TPSA) is 84.1 Å². The first-order valence-corrected chi connectivity index (χ1v) is 7.05. The summed E-state index contributed by atoms with van der Waals surface area (Å²) in [7, 11) is 1.41. The zero-order valence-corrected chi connectivity index (χ0v) is 12.5. The van der Waals surface area contributed by atoms with E-state index in [9.17, 15) is 9.18 Å². The second-order valence-electron chi connectivity index (χ2n) is 5.15. The number of carboxylic acid groups (broad SMARTS) is 1. The Morgan fingerprint density at radius 1 is 1.55 bits per heavy atom. The van der Waals surface area contributed by atoms with Crippen LogP contribution in [0.2, 0.25) is 5.15 Å². The Morgan fingerprint density at radius 2 is 2.27 bits per heavy atom. The molecule has 2 aromatic heterocycles. The maximum Gasteiger partial charge on any atom is 0.407 e. The van der Waals surface area contributed by atoms with Crippen molar-refractivity contribution in [1.82, 2.24) is 24.9 Å². The number of amides is 1. The van der Waals surface area contributed by atoms with Gasteiger partial charge in [0, 0.05) is 18.8 Å². The van der Waals surface area contributed by atoms with Crippen molar-refractivity contribution in [2.75, 3.05) is 7.05 Å². The summed E-state index contributed by atoms with van der Waals surface area (Å²) >= 11 is 5.71. The second kappa shape index (κ2) is 5.53. The minimum absolute atomic E-state index is 0.0107. The van der Waals surface area contributed by atoms with Crippen LogP contribution in [0.25, 0.3) is 11.3 Å². The van der Waals surface area contributed by atoms with Crippen LogP contribution in [0.1, 0.15) is 24.6 Å². The number of halogens is 2. The van der Waals surface area contributed by atoms with E-state index in [0.29, 0.717) is 11.4 Å². The molecular formula is C13H13ClFN5O2. The molecule has 1 aliphatic carbocycles. The third kappa shape index (κ3) is 2.74. The lowest BCUT2D eigenvalue weighted by molar-refractivity contribution is 0.153. The Kier molecular flexibility index (Phi) is 3.69. The van der Waals surface area contributed by atoms with E-state index in [1.54, 1.807) is 0 Å². The number of hydrogen-bond acceptors (Lipinski definition) is 4. The highest BCUT2D eigenvalue weighted by atomic mass is 35.5. The fourth-order valence-corrected chi connectivity index (χ4v) is 2.19. The molecule has 1 fully saturated rings. The molecule has 0 bridgehead atoms. The van der Waals surface area contributed by atoms with Gasteiger partial charge in [-0.1, -0.05) is 11.6 Å². The van der Waals surface area contributed by atoms with E-state index in [0.717, 1.165) is 17.7 Å². The van der Waals surface area contributed by atoms with Crippen LogP contribution in [0.5, 0.6) is 0 Å². The average Bonchev–Trinajstić information content (AvgIpc) is 3.24. The third-order valence-electron chi connectivity index (χ3n) is 3.39. The third-order valence-corrected chi connectivity index (χ3v) is 3.65. The molecule has 0 atom stereocenters. The lowest BCUT2D eigenvalue weighted by atomic mass is 10.1. The lowest BCUT2D eigenvalue weighted by Crippen LogP contribution is -2.24. The summed E-state index contributed by atoms with van der Waals surface area (Å²) in [5, 5.41) is 17.4. The number of pyridine rings is 1. The number of nitrogens with zero attached hydrogens (tertiary/aromatic N) is 5. The van der Waals surface area contributed by atoms with E-state index >= 15 is 0 Å².